The molecule has 6 nitrogen and oxygen atoms in total. The third-order valence-corrected chi connectivity index (χ3v) is 4.65. The number of nitrogens with one attached hydrogen (secondary N) is 1. The highest BCUT2D eigenvalue weighted by molar-refractivity contribution is 9.10. The number of amidine groups is 1. The van der Waals surface area contributed by atoms with Gasteiger partial charge in [-0.1, -0.05) is 45.9 Å². The van der Waals surface area contributed by atoms with Gasteiger partial charge in [-0.3, -0.25) is 9.80 Å². The molecule has 1 heterocycles. The topological polar surface area (TPSA) is 66.3 Å². The van der Waals surface area contributed by atoms with Crippen molar-refractivity contribution in [3.63, 3.8) is 0 Å². The van der Waals surface area contributed by atoms with Crippen LogP contribution >= 0.6 is 27.7 Å². The normalized spacial score (nSPS) is 13.7. The van der Waals surface area contributed by atoms with Crippen molar-refractivity contribution in [1.82, 2.24) is 5.01 Å². The number of carbonyl (C=O) groups excluding carboxylic acids is 1. The molecule has 26 heavy (non-hydrogen) atoms. The Kier molecular flexibility index (Phi) is 6.30. The second-order valence-corrected chi connectivity index (χ2v) is 7.32. The van der Waals surface area contributed by atoms with Gasteiger partial charge in [0.25, 0.3) is 0 Å². The molecule has 0 radical (unpaired) electrons. The monoisotopic (exact) mass is 432 g/mol. The van der Waals surface area contributed by atoms with Gasteiger partial charge in [-0.2, -0.15) is 4.99 Å². The first-order chi connectivity index (χ1) is 12.6. The standard InChI is InChI=1S/C18H17BrN4O2S/c1-23-11-17(25-15-5-3-2-4-6-15)21-18(22-23)26-12-16(24)20-14-9-7-13(19)8-10-14/h2-10H,11-12H2,1H3,(H,20,24). The molecule has 1 aliphatic rings. The predicted octanol–water partition coefficient (Wildman–Crippen LogP) is 3.81. The van der Waals surface area contributed by atoms with E-state index in [0.717, 1.165) is 15.9 Å². The Morgan fingerprint density at radius 1 is 1.23 bits per heavy atom. The van der Waals surface area contributed by atoms with E-state index in [1.807, 2.05) is 61.6 Å². The van der Waals surface area contributed by atoms with Crippen LogP contribution in [-0.2, 0) is 4.79 Å². The number of benzene rings is 2. The number of hydrogen-bond donors (Lipinski definition) is 1. The Morgan fingerprint density at radius 3 is 2.69 bits per heavy atom. The third kappa shape index (κ3) is 5.60. The van der Waals surface area contributed by atoms with Crippen LogP contribution < -0.4 is 10.1 Å². The summed E-state index contributed by atoms with van der Waals surface area (Å²) in [5.41, 5.74) is 0.748. The molecule has 0 atom stereocenters. The first-order valence-corrected chi connectivity index (χ1v) is 9.65. The van der Waals surface area contributed by atoms with Crippen LogP contribution in [0.3, 0.4) is 0 Å². The van der Waals surface area contributed by atoms with Gasteiger partial charge in [-0.05, 0) is 36.4 Å². The molecule has 0 aliphatic carbocycles. The molecule has 1 aliphatic heterocycles. The van der Waals surface area contributed by atoms with E-state index in [4.69, 9.17) is 4.74 Å². The molecular weight excluding hydrogens is 416 g/mol. The van der Waals surface area contributed by atoms with E-state index in [0.29, 0.717) is 17.6 Å². The van der Waals surface area contributed by atoms with Crippen molar-refractivity contribution >= 4 is 50.4 Å². The number of thioether (sulfide) groups is 1. The Balaban J connectivity index is 1.56. The molecule has 0 saturated carbocycles. The summed E-state index contributed by atoms with van der Waals surface area (Å²) in [6.07, 6.45) is 0. The highest BCUT2D eigenvalue weighted by Crippen LogP contribution is 2.17. The number of rotatable bonds is 4. The smallest absolute Gasteiger partial charge is 0.234 e. The molecule has 0 bridgehead atoms. The summed E-state index contributed by atoms with van der Waals surface area (Å²) >= 11 is 4.63. The lowest BCUT2D eigenvalue weighted by Crippen LogP contribution is -2.31. The molecular formula is C18H17BrN4O2S. The molecule has 0 aromatic heterocycles. The van der Waals surface area contributed by atoms with Gasteiger partial charge in [0.15, 0.2) is 0 Å². The number of carbonyl (C=O) groups is 1. The van der Waals surface area contributed by atoms with Crippen LogP contribution in [-0.4, -0.2) is 41.3 Å². The second-order valence-electron chi connectivity index (χ2n) is 5.46. The maximum absolute atomic E-state index is 12.1. The number of para-hydroxylation sites is 1. The summed E-state index contributed by atoms with van der Waals surface area (Å²) < 4.78 is 6.74. The molecule has 0 spiro atoms. The number of anilines is 1. The van der Waals surface area contributed by atoms with E-state index in [-0.39, 0.29) is 11.7 Å². The lowest BCUT2D eigenvalue weighted by Gasteiger charge is -2.20. The van der Waals surface area contributed by atoms with Crippen LogP contribution in [0.2, 0.25) is 0 Å². The van der Waals surface area contributed by atoms with Crippen molar-refractivity contribution in [3.05, 3.63) is 59.1 Å². The summed E-state index contributed by atoms with van der Waals surface area (Å²) in [6, 6.07) is 16.9. The quantitative estimate of drug-likeness (QED) is 0.797. The van der Waals surface area contributed by atoms with Gasteiger partial charge in [0, 0.05) is 17.2 Å². The van der Waals surface area contributed by atoms with Crippen LogP contribution in [0.25, 0.3) is 0 Å². The molecule has 134 valence electrons. The maximum Gasteiger partial charge on any atom is 0.234 e. The van der Waals surface area contributed by atoms with Crippen molar-refractivity contribution in [1.29, 1.82) is 0 Å². The summed E-state index contributed by atoms with van der Waals surface area (Å²) in [5.74, 6) is 1.36. The SMILES string of the molecule is CN1CC(Oc2ccccc2)=NC(SCC(=O)Nc2ccc(Br)cc2)=N1. The van der Waals surface area contributed by atoms with Crippen molar-refractivity contribution in [2.24, 2.45) is 10.1 Å². The highest BCUT2D eigenvalue weighted by Gasteiger charge is 2.16. The summed E-state index contributed by atoms with van der Waals surface area (Å²) in [6.45, 7) is 0.476. The molecule has 3 rings (SSSR count). The molecule has 1 amide bonds. The van der Waals surface area contributed by atoms with Crippen molar-refractivity contribution in [3.8, 4) is 5.75 Å². The van der Waals surface area contributed by atoms with Crippen LogP contribution in [0.5, 0.6) is 5.75 Å². The zero-order valence-corrected chi connectivity index (χ0v) is 16.5. The van der Waals surface area contributed by atoms with E-state index in [1.165, 1.54) is 11.8 Å². The fourth-order valence-electron chi connectivity index (χ4n) is 2.14. The number of nitrogens with zero attached hydrogens (tertiary/aromatic N) is 3. The zero-order valence-electron chi connectivity index (χ0n) is 14.1. The number of ether oxygens (including phenoxy) is 1. The van der Waals surface area contributed by atoms with E-state index in [2.05, 4.69) is 31.3 Å². The molecule has 0 saturated heterocycles. The first kappa shape index (κ1) is 18.5. The van der Waals surface area contributed by atoms with Gasteiger partial charge in [0.2, 0.25) is 17.0 Å². The van der Waals surface area contributed by atoms with E-state index < -0.39 is 0 Å². The fraction of sp³-hybridized carbons (Fsp3) is 0.167. The highest BCUT2D eigenvalue weighted by atomic mass is 79.9. The number of aliphatic imine (C=N–C) groups is 1. The van der Waals surface area contributed by atoms with Gasteiger partial charge in [0.05, 0.1) is 5.75 Å². The molecule has 2 aromatic rings. The molecule has 8 heteroatoms. The summed E-state index contributed by atoms with van der Waals surface area (Å²) in [4.78, 5) is 16.5. The minimum Gasteiger partial charge on any atom is -0.441 e. The van der Waals surface area contributed by atoms with E-state index in [1.54, 1.807) is 5.01 Å². The van der Waals surface area contributed by atoms with Crippen molar-refractivity contribution in [2.45, 2.75) is 0 Å². The minimum atomic E-state index is -0.117. The Labute approximate surface area is 164 Å². The molecule has 2 aromatic carbocycles. The molecule has 1 N–H and O–H groups in total. The van der Waals surface area contributed by atoms with Crippen LogP contribution in [0.15, 0.2) is 69.2 Å². The van der Waals surface area contributed by atoms with Crippen molar-refractivity contribution < 1.29 is 9.53 Å². The number of likely N-dealkylation sites (N-methyl/N-ethyl adjacent to an activating group) is 1. The average Bonchev–Trinajstić information content (AvgIpc) is 2.62. The van der Waals surface area contributed by atoms with Crippen molar-refractivity contribution in [2.75, 3.05) is 24.7 Å². The molecule has 0 unspecified atom stereocenters. The number of halogens is 1. The Hall–Kier alpha value is -2.32. The van der Waals surface area contributed by atoms with Gasteiger partial charge in [-0.15, -0.1) is 5.10 Å². The first-order valence-electron chi connectivity index (χ1n) is 7.87. The molecule has 0 fully saturated rings. The van der Waals surface area contributed by atoms with Gasteiger partial charge < -0.3 is 10.1 Å². The Morgan fingerprint density at radius 2 is 1.96 bits per heavy atom. The Bertz CT molecular complexity index is 825. The minimum absolute atomic E-state index is 0.117. The summed E-state index contributed by atoms with van der Waals surface area (Å²) in [7, 11) is 1.84. The van der Waals surface area contributed by atoms with Gasteiger partial charge in [0.1, 0.15) is 12.3 Å². The van der Waals surface area contributed by atoms with Gasteiger partial charge >= 0.3 is 0 Å². The van der Waals surface area contributed by atoms with E-state index >= 15 is 0 Å². The van der Waals surface area contributed by atoms with E-state index in [9.17, 15) is 4.79 Å². The maximum atomic E-state index is 12.1. The summed E-state index contributed by atoms with van der Waals surface area (Å²) in [5, 5.41) is 9.40. The third-order valence-electron chi connectivity index (χ3n) is 3.28. The number of hydrogen-bond acceptors (Lipinski definition) is 6. The van der Waals surface area contributed by atoms with Gasteiger partial charge in [-0.25, -0.2) is 0 Å². The lowest BCUT2D eigenvalue weighted by atomic mass is 10.3. The largest absolute Gasteiger partial charge is 0.441 e. The predicted molar refractivity (Wildman–Crippen MR) is 110 cm³/mol. The van der Waals surface area contributed by atoms with Crippen LogP contribution in [0, 0.1) is 0 Å². The second kappa shape index (κ2) is 8.86. The fourth-order valence-corrected chi connectivity index (χ4v) is 3.10. The van der Waals surface area contributed by atoms with Crippen LogP contribution in [0.1, 0.15) is 0 Å². The zero-order chi connectivity index (χ0) is 18.4. The lowest BCUT2D eigenvalue weighted by molar-refractivity contribution is -0.113. The average molecular weight is 433 g/mol. The number of hydrazone groups is 1. The number of amides is 1. The van der Waals surface area contributed by atoms with Crippen LogP contribution in [0.4, 0.5) is 5.69 Å².